The van der Waals surface area contributed by atoms with Crippen molar-refractivity contribution in [2.24, 2.45) is 5.73 Å². The molecule has 1 amide bonds. The van der Waals surface area contributed by atoms with E-state index in [1.54, 1.807) is 18.7 Å². The molecule has 1 aromatic carbocycles. The minimum absolute atomic E-state index is 0.192. The van der Waals surface area contributed by atoms with Gasteiger partial charge in [-0.25, -0.2) is 4.79 Å². The molecule has 1 rings (SSSR count). The summed E-state index contributed by atoms with van der Waals surface area (Å²) < 4.78 is 5.15. The number of amides is 1. The number of nitrogens with one attached hydrogen (secondary N) is 1. The molecule has 116 valence electrons. The van der Waals surface area contributed by atoms with Crippen LogP contribution in [0.1, 0.15) is 19.4 Å². The largest absolute Gasteiger partial charge is 0.459 e. The van der Waals surface area contributed by atoms with Crippen LogP contribution in [0.25, 0.3) is 0 Å². The van der Waals surface area contributed by atoms with Crippen molar-refractivity contribution in [1.82, 2.24) is 5.32 Å². The van der Waals surface area contributed by atoms with Crippen molar-refractivity contribution in [3.63, 3.8) is 0 Å². The van der Waals surface area contributed by atoms with E-state index in [1.807, 2.05) is 37.3 Å². The maximum atomic E-state index is 11.8. The zero-order chi connectivity index (χ0) is 15.7. The van der Waals surface area contributed by atoms with Gasteiger partial charge in [-0.15, -0.1) is 0 Å². The van der Waals surface area contributed by atoms with E-state index in [2.05, 4.69) is 5.32 Å². The molecule has 0 unspecified atom stereocenters. The second-order valence-electron chi connectivity index (χ2n) is 4.59. The Morgan fingerprint density at radius 1 is 1.33 bits per heavy atom. The Kier molecular flexibility index (Phi) is 7.85. The van der Waals surface area contributed by atoms with Crippen LogP contribution >= 0.6 is 11.8 Å². The Labute approximate surface area is 129 Å². The van der Waals surface area contributed by atoms with Crippen LogP contribution in [0.5, 0.6) is 0 Å². The number of hydrogen-bond acceptors (Lipinski definition) is 5. The Bertz CT molecular complexity index is 453. The summed E-state index contributed by atoms with van der Waals surface area (Å²) in [4.78, 5) is 23.6. The summed E-state index contributed by atoms with van der Waals surface area (Å²) in [6.45, 7) is 3.78. The third-order valence-corrected chi connectivity index (χ3v) is 3.78. The summed E-state index contributed by atoms with van der Waals surface area (Å²) in [6, 6.07) is 8.06. The highest BCUT2D eigenvalue weighted by molar-refractivity contribution is 7.99. The lowest BCUT2D eigenvalue weighted by Crippen LogP contribution is -2.48. The average molecular weight is 310 g/mol. The highest BCUT2D eigenvalue weighted by Gasteiger charge is 2.20. The van der Waals surface area contributed by atoms with Gasteiger partial charge in [-0.1, -0.05) is 37.3 Å². The summed E-state index contributed by atoms with van der Waals surface area (Å²) in [5.41, 5.74) is 6.63. The van der Waals surface area contributed by atoms with E-state index < -0.39 is 18.1 Å². The number of nitrogens with two attached hydrogens (primary N) is 1. The lowest BCUT2D eigenvalue weighted by Gasteiger charge is -2.16. The highest BCUT2D eigenvalue weighted by Crippen LogP contribution is 2.03. The number of carbonyl (C=O) groups excluding carboxylic acids is 2. The van der Waals surface area contributed by atoms with Crippen LogP contribution < -0.4 is 11.1 Å². The molecule has 0 aliphatic rings. The maximum Gasteiger partial charge on any atom is 0.328 e. The highest BCUT2D eigenvalue weighted by atomic mass is 32.2. The molecule has 0 aromatic heterocycles. The molecule has 0 saturated carbocycles. The number of hydrogen-bond donors (Lipinski definition) is 2. The number of carbonyl (C=O) groups is 2. The smallest absolute Gasteiger partial charge is 0.328 e. The van der Waals surface area contributed by atoms with Crippen LogP contribution in [0, 0.1) is 0 Å². The van der Waals surface area contributed by atoms with E-state index >= 15 is 0 Å². The van der Waals surface area contributed by atoms with Crippen molar-refractivity contribution in [2.75, 3.05) is 11.5 Å². The SMILES string of the molecule is CCSC[C@H](N)C(=O)N[C@@H](C)C(=O)OCc1ccccc1. The van der Waals surface area contributed by atoms with Crippen LogP contribution in [-0.4, -0.2) is 35.5 Å². The molecule has 0 saturated heterocycles. The molecule has 1 aromatic rings. The van der Waals surface area contributed by atoms with E-state index in [1.165, 1.54) is 0 Å². The topological polar surface area (TPSA) is 81.4 Å². The summed E-state index contributed by atoms with van der Waals surface area (Å²) in [5, 5.41) is 2.57. The molecule has 6 heteroatoms. The van der Waals surface area contributed by atoms with E-state index in [4.69, 9.17) is 10.5 Å². The fourth-order valence-corrected chi connectivity index (χ4v) is 2.19. The molecule has 5 nitrogen and oxygen atoms in total. The summed E-state index contributed by atoms with van der Waals surface area (Å²) in [5.74, 6) is 0.631. The molecule has 0 fully saturated rings. The monoisotopic (exact) mass is 310 g/mol. The maximum absolute atomic E-state index is 11.8. The second-order valence-corrected chi connectivity index (χ2v) is 5.91. The van der Waals surface area contributed by atoms with Gasteiger partial charge in [-0.2, -0.15) is 11.8 Å². The third-order valence-electron chi connectivity index (χ3n) is 2.77. The summed E-state index contributed by atoms with van der Waals surface area (Å²) >= 11 is 1.59. The predicted molar refractivity (Wildman–Crippen MR) is 84.8 cm³/mol. The first-order valence-electron chi connectivity index (χ1n) is 6.88. The minimum atomic E-state index is -0.709. The van der Waals surface area contributed by atoms with Gasteiger partial charge in [0, 0.05) is 5.75 Å². The zero-order valence-corrected chi connectivity index (χ0v) is 13.2. The van der Waals surface area contributed by atoms with Gasteiger partial charge < -0.3 is 15.8 Å². The molecule has 2 atom stereocenters. The van der Waals surface area contributed by atoms with E-state index in [9.17, 15) is 9.59 Å². The lowest BCUT2D eigenvalue weighted by atomic mass is 10.2. The molecule has 0 heterocycles. The Balaban J connectivity index is 2.35. The quantitative estimate of drug-likeness (QED) is 0.708. The first-order chi connectivity index (χ1) is 10.0. The summed E-state index contributed by atoms with van der Waals surface area (Å²) in [6.07, 6.45) is 0. The molecule has 0 aliphatic carbocycles. The number of rotatable bonds is 8. The van der Waals surface area contributed by atoms with Crippen LogP contribution in [0.15, 0.2) is 30.3 Å². The van der Waals surface area contributed by atoms with Gasteiger partial charge in [0.2, 0.25) is 5.91 Å². The molecule has 3 N–H and O–H groups in total. The Morgan fingerprint density at radius 3 is 2.62 bits per heavy atom. The lowest BCUT2D eigenvalue weighted by molar-refractivity contribution is -0.148. The molecule has 0 spiro atoms. The summed E-state index contributed by atoms with van der Waals surface area (Å²) in [7, 11) is 0. The van der Waals surface area contributed by atoms with Crippen molar-refractivity contribution < 1.29 is 14.3 Å². The van der Waals surface area contributed by atoms with Crippen LogP contribution in [0.2, 0.25) is 0 Å². The van der Waals surface area contributed by atoms with Gasteiger partial charge >= 0.3 is 5.97 Å². The van der Waals surface area contributed by atoms with Crippen molar-refractivity contribution in [2.45, 2.75) is 32.5 Å². The van der Waals surface area contributed by atoms with E-state index in [0.717, 1.165) is 11.3 Å². The molecule has 21 heavy (non-hydrogen) atoms. The van der Waals surface area contributed by atoms with Crippen LogP contribution in [0.4, 0.5) is 0 Å². The molecule has 0 radical (unpaired) electrons. The number of esters is 1. The van der Waals surface area contributed by atoms with Crippen LogP contribution in [0.3, 0.4) is 0 Å². The standard InChI is InChI=1S/C15H22N2O3S/c1-3-21-10-13(16)14(18)17-11(2)15(19)20-9-12-7-5-4-6-8-12/h4-8,11,13H,3,9-10,16H2,1-2H3,(H,17,18)/t11-,13-/m0/s1. The Morgan fingerprint density at radius 2 is 2.00 bits per heavy atom. The first-order valence-corrected chi connectivity index (χ1v) is 8.04. The van der Waals surface area contributed by atoms with Gasteiger partial charge in [0.05, 0.1) is 6.04 Å². The zero-order valence-electron chi connectivity index (χ0n) is 12.4. The average Bonchev–Trinajstić information content (AvgIpc) is 2.50. The number of ether oxygens (including phenoxy) is 1. The predicted octanol–water partition coefficient (Wildman–Crippen LogP) is 1.31. The molecule has 0 aliphatic heterocycles. The van der Waals surface area contributed by atoms with Crippen LogP contribution in [-0.2, 0) is 20.9 Å². The van der Waals surface area contributed by atoms with Gasteiger partial charge in [0.15, 0.2) is 0 Å². The van der Waals surface area contributed by atoms with E-state index in [0.29, 0.717) is 5.75 Å². The third kappa shape index (κ3) is 6.64. The molecular weight excluding hydrogens is 288 g/mol. The van der Waals surface area contributed by atoms with Gasteiger partial charge in [-0.05, 0) is 18.2 Å². The number of benzene rings is 1. The van der Waals surface area contributed by atoms with Crippen molar-refractivity contribution in [3.8, 4) is 0 Å². The van der Waals surface area contributed by atoms with E-state index in [-0.39, 0.29) is 12.5 Å². The number of thioether (sulfide) groups is 1. The van der Waals surface area contributed by atoms with Gasteiger partial charge in [0.1, 0.15) is 12.6 Å². The van der Waals surface area contributed by atoms with Crippen molar-refractivity contribution >= 4 is 23.6 Å². The fraction of sp³-hybridized carbons (Fsp3) is 0.467. The van der Waals surface area contributed by atoms with Crippen molar-refractivity contribution in [1.29, 1.82) is 0 Å². The first kappa shape index (κ1) is 17.5. The molecule has 0 bridgehead atoms. The Hall–Kier alpha value is -1.53. The normalized spacial score (nSPS) is 13.3. The fourth-order valence-electron chi connectivity index (χ4n) is 1.55. The van der Waals surface area contributed by atoms with Crippen molar-refractivity contribution in [3.05, 3.63) is 35.9 Å². The second kappa shape index (κ2) is 9.41. The van der Waals surface area contributed by atoms with Gasteiger partial charge in [0.25, 0.3) is 0 Å². The van der Waals surface area contributed by atoms with Gasteiger partial charge in [-0.3, -0.25) is 4.79 Å². The molecular formula is C15H22N2O3S. The minimum Gasteiger partial charge on any atom is -0.459 e.